The van der Waals surface area contributed by atoms with Crippen molar-refractivity contribution in [3.63, 3.8) is 0 Å². The maximum atomic E-state index is 11.8. The average Bonchev–Trinajstić information content (AvgIpc) is 2.48. The van der Waals surface area contributed by atoms with Gasteiger partial charge in [-0.25, -0.2) is 0 Å². The van der Waals surface area contributed by atoms with E-state index in [-0.39, 0.29) is 23.5 Å². The molecule has 3 amide bonds. The van der Waals surface area contributed by atoms with Crippen LogP contribution in [0.1, 0.15) is 12.5 Å². The highest BCUT2D eigenvalue weighted by Crippen LogP contribution is 2.14. The van der Waals surface area contributed by atoms with Gasteiger partial charge in [0.05, 0.1) is 5.69 Å². The van der Waals surface area contributed by atoms with Crippen LogP contribution in [0.15, 0.2) is 40.5 Å². The highest BCUT2D eigenvalue weighted by atomic mass is 16.3. The molecule has 0 unspecified atom stereocenters. The number of primary amides is 1. The molecule has 1 aromatic rings. The molecule has 1 aliphatic heterocycles. The van der Waals surface area contributed by atoms with E-state index in [1.54, 1.807) is 24.3 Å². The molecule has 0 aromatic heterocycles. The first kappa shape index (κ1) is 16.4. The third-order valence-electron chi connectivity index (χ3n) is 3.30. The Labute approximate surface area is 132 Å². The summed E-state index contributed by atoms with van der Waals surface area (Å²) in [6, 6.07) is 7.07. The van der Waals surface area contributed by atoms with Gasteiger partial charge in [0, 0.05) is 12.2 Å². The van der Waals surface area contributed by atoms with Crippen LogP contribution in [0.4, 0.5) is 5.69 Å². The number of hydrazone groups is 1. The van der Waals surface area contributed by atoms with E-state index in [1.165, 1.54) is 6.92 Å². The second-order valence-corrected chi connectivity index (χ2v) is 4.89. The lowest BCUT2D eigenvalue weighted by molar-refractivity contribution is -0.126. The zero-order valence-corrected chi connectivity index (χ0v) is 12.4. The molecular weight excluding hydrogens is 300 g/mol. The van der Waals surface area contributed by atoms with E-state index < -0.39 is 17.7 Å². The molecule has 1 aliphatic rings. The van der Waals surface area contributed by atoms with E-state index in [0.29, 0.717) is 12.1 Å². The van der Waals surface area contributed by atoms with Crippen LogP contribution in [-0.4, -0.2) is 35.1 Å². The van der Waals surface area contributed by atoms with Crippen LogP contribution in [0.25, 0.3) is 0 Å². The van der Waals surface area contributed by atoms with Crippen molar-refractivity contribution < 1.29 is 19.5 Å². The summed E-state index contributed by atoms with van der Waals surface area (Å²) in [7, 11) is 0. The van der Waals surface area contributed by atoms with Crippen molar-refractivity contribution in [1.82, 2.24) is 5.32 Å². The maximum absolute atomic E-state index is 11.8. The lowest BCUT2D eigenvalue weighted by Crippen LogP contribution is -2.46. The van der Waals surface area contributed by atoms with Gasteiger partial charge in [-0.1, -0.05) is 12.1 Å². The Morgan fingerprint density at radius 3 is 2.48 bits per heavy atom. The number of anilines is 1. The first-order valence-corrected chi connectivity index (χ1v) is 6.84. The van der Waals surface area contributed by atoms with Crippen molar-refractivity contribution in [2.45, 2.75) is 13.3 Å². The fourth-order valence-corrected chi connectivity index (χ4v) is 2.11. The van der Waals surface area contributed by atoms with E-state index in [2.05, 4.69) is 10.5 Å². The van der Waals surface area contributed by atoms with E-state index in [0.717, 1.165) is 5.56 Å². The first-order chi connectivity index (χ1) is 10.9. The highest BCUT2D eigenvalue weighted by Gasteiger charge is 2.32. The number of benzene rings is 1. The number of nitrogens with zero attached hydrogens (tertiary/aromatic N) is 1. The van der Waals surface area contributed by atoms with Crippen molar-refractivity contribution in [2.75, 3.05) is 12.0 Å². The summed E-state index contributed by atoms with van der Waals surface area (Å²) >= 11 is 0. The minimum absolute atomic E-state index is 0.0587. The topological polar surface area (TPSA) is 134 Å². The second-order valence-electron chi connectivity index (χ2n) is 4.89. The van der Waals surface area contributed by atoms with E-state index in [1.807, 2.05) is 5.32 Å². The number of hydrogen-bond donors (Lipinski definition) is 4. The van der Waals surface area contributed by atoms with Crippen LogP contribution in [0.3, 0.4) is 0 Å². The number of carbonyl (C=O) groups excluding carboxylic acids is 3. The lowest BCUT2D eigenvalue weighted by atomic mass is 9.99. The Hall–Kier alpha value is -3.00. The van der Waals surface area contributed by atoms with Gasteiger partial charge >= 0.3 is 0 Å². The standard InChI is InChI=1S/C15H16N4O4/c1-8-11(13(16)21)14(22)17-15(23)12(8)19-18-10-4-2-9(3-5-10)6-7-20/h2-5,18,20H,6-7H2,1H3,(H2,16,21)(H,17,22,23)/b19-12-. The molecule has 0 spiro atoms. The van der Waals surface area contributed by atoms with E-state index in [9.17, 15) is 14.4 Å². The van der Waals surface area contributed by atoms with Crippen molar-refractivity contribution in [3.8, 4) is 0 Å². The second kappa shape index (κ2) is 6.84. The Morgan fingerprint density at radius 2 is 1.91 bits per heavy atom. The number of imide groups is 1. The number of amides is 3. The van der Waals surface area contributed by atoms with Crippen LogP contribution < -0.4 is 16.5 Å². The van der Waals surface area contributed by atoms with Crippen LogP contribution in [0.5, 0.6) is 0 Å². The number of aliphatic hydroxyl groups is 1. The zero-order chi connectivity index (χ0) is 17.0. The molecule has 0 bridgehead atoms. The van der Waals surface area contributed by atoms with E-state index in [4.69, 9.17) is 10.8 Å². The molecular formula is C15H16N4O4. The predicted molar refractivity (Wildman–Crippen MR) is 83.3 cm³/mol. The van der Waals surface area contributed by atoms with Gasteiger partial charge in [-0.2, -0.15) is 5.10 Å². The van der Waals surface area contributed by atoms with Crippen LogP contribution in [-0.2, 0) is 20.8 Å². The number of nitrogens with two attached hydrogens (primary N) is 1. The molecule has 1 heterocycles. The molecule has 8 nitrogen and oxygen atoms in total. The minimum atomic E-state index is -0.923. The molecule has 0 radical (unpaired) electrons. The average molecular weight is 316 g/mol. The third kappa shape index (κ3) is 3.61. The fraction of sp³-hybridized carbons (Fsp3) is 0.200. The van der Waals surface area contributed by atoms with Gasteiger partial charge in [0.15, 0.2) is 5.71 Å². The van der Waals surface area contributed by atoms with Gasteiger partial charge in [-0.15, -0.1) is 0 Å². The first-order valence-electron chi connectivity index (χ1n) is 6.84. The molecule has 23 heavy (non-hydrogen) atoms. The number of aliphatic hydroxyl groups excluding tert-OH is 1. The smallest absolute Gasteiger partial charge is 0.278 e. The Balaban J connectivity index is 2.25. The summed E-state index contributed by atoms with van der Waals surface area (Å²) in [5.41, 5.74) is 9.14. The third-order valence-corrected chi connectivity index (χ3v) is 3.30. The van der Waals surface area contributed by atoms with Crippen LogP contribution in [0.2, 0.25) is 0 Å². The predicted octanol–water partition coefficient (Wildman–Crippen LogP) is -0.552. The highest BCUT2D eigenvalue weighted by molar-refractivity contribution is 6.52. The molecule has 2 rings (SSSR count). The molecule has 5 N–H and O–H groups in total. The summed E-state index contributed by atoms with van der Waals surface area (Å²) in [6.07, 6.45) is 0.545. The molecule has 1 aromatic carbocycles. The van der Waals surface area contributed by atoms with Gasteiger partial charge in [-0.3, -0.25) is 25.1 Å². The quantitative estimate of drug-likeness (QED) is 0.328. The summed E-state index contributed by atoms with van der Waals surface area (Å²) in [6.45, 7) is 1.49. The molecule has 0 saturated heterocycles. The summed E-state index contributed by atoms with van der Waals surface area (Å²) in [5.74, 6) is -2.46. The van der Waals surface area contributed by atoms with Crippen LogP contribution in [0, 0.1) is 0 Å². The molecule has 0 fully saturated rings. The Kier molecular flexibility index (Phi) is 4.87. The zero-order valence-electron chi connectivity index (χ0n) is 12.4. The largest absolute Gasteiger partial charge is 0.396 e. The Morgan fingerprint density at radius 1 is 1.26 bits per heavy atom. The van der Waals surface area contributed by atoms with Gasteiger partial charge in [0.2, 0.25) is 0 Å². The normalized spacial score (nSPS) is 16.5. The van der Waals surface area contributed by atoms with Crippen LogP contribution >= 0.6 is 0 Å². The van der Waals surface area contributed by atoms with Crippen molar-refractivity contribution in [3.05, 3.63) is 41.0 Å². The molecule has 8 heteroatoms. The SMILES string of the molecule is CC1=C(C(N)=O)C(=O)NC(=O)/C1=N\Nc1ccc(CCO)cc1. The summed E-state index contributed by atoms with van der Waals surface area (Å²) in [5, 5.41) is 14.8. The van der Waals surface area contributed by atoms with Gasteiger partial charge in [-0.05, 0) is 31.0 Å². The molecule has 0 saturated carbocycles. The molecule has 120 valence electrons. The van der Waals surface area contributed by atoms with Crippen molar-refractivity contribution in [1.29, 1.82) is 0 Å². The monoisotopic (exact) mass is 316 g/mol. The number of rotatable bonds is 5. The maximum Gasteiger partial charge on any atom is 0.278 e. The summed E-state index contributed by atoms with van der Waals surface area (Å²) in [4.78, 5) is 34.7. The minimum Gasteiger partial charge on any atom is -0.396 e. The van der Waals surface area contributed by atoms with E-state index >= 15 is 0 Å². The van der Waals surface area contributed by atoms with Crippen molar-refractivity contribution in [2.24, 2.45) is 10.8 Å². The lowest BCUT2D eigenvalue weighted by Gasteiger charge is -2.16. The van der Waals surface area contributed by atoms with Gasteiger partial charge in [0.1, 0.15) is 5.57 Å². The van der Waals surface area contributed by atoms with Gasteiger partial charge < -0.3 is 10.8 Å². The number of nitrogens with one attached hydrogen (secondary N) is 2. The Bertz CT molecular complexity index is 719. The molecule has 0 atom stereocenters. The number of hydrogen-bond acceptors (Lipinski definition) is 6. The molecule has 0 aliphatic carbocycles. The number of carbonyl (C=O) groups is 3. The fourth-order valence-electron chi connectivity index (χ4n) is 2.11. The van der Waals surface area contributed by atoms with Gasteiger partial charge in [0.25, 0.3) is 17.7 Å². The summed E-state index contributed by atoms with van der Waals surface area (Å²) < 4.78 is 0. The van der Waals surface area contributed by atoms with Crippen molar-refractivity contribution >= 4 is 29.1 Å².